The highest BCUT2D eigenvalue weighted by atomic mass is 32.3. The van der Waals surface area contributed by atoms with Crippen LogP contribution in [0.2, 0.25) is 0 Å². The summed E-state index contributed by atoms with van der Waals surface area (Å²) in [7, 11) is -13.3. The molecule has 0 aliphatic heterocycles. The van der Waals surface area contributed by atoms with Gasteiger partial charge in [-0.3, -0.25) is 0 Å². The number of hydrogen-bond donors (Lipinski definition) is 0. The zero-order chi connectivity index (χ0) is 20.8. The first-order valence-corrected chi connectivity index (χ1v) is 8.59. The van der Waals surface area contributed by atoms with Gasteiger partial charge in [0.15, 0.2) is 0 Å². The van der Waals surface area contributed by atoms with Gasteiger partial charge in [0.25, 0.3) is 0 Å². The van der Waals surface area contributed by atoms with Crippen LogP contribution in [0.15, 0.2) is 35.2 Å². The van der Waals surface area contributed by atoms with E-state index in [0.717, 1.165) is 18.2 Å². The summed E-state index contributed by atoms with van der Waals surface area (Å²) in [6, 6.07) is 4.07. The van der Waals surface area contributed by atoms with E-state index in [2.05, 4.69) is 3.63 Å². The molecule has 0 aliphatic carbocycles. The maximum atomic E-state index is 13.3. The molecule has 0 unspecified atom stereocenters. The summed E-state index contributed by atoms with van der Waals surface area (Å²) in [5.41, 5.74) is 0. The van der Waals surface area contributed by atoms with Gasteiger partial charge >= 0.3 is 43.5 Å². The Labute approximate surface area is 139 Å². The van der Waals surface area contributed by atoms with E-state index in [1.165, 1.54) is 0 Å². The lowest BCUT2D eigenvalue weighted by Gasteiger charge is -2.32. The van der Waals surface area contributed by atoms with Gasteiger partial charge in [0.2, 0.25) is 0 Å². The molecule has 26 heavy (non-hydrogen) atoms. The Morgan fingerprint density at radius 2 is 1.12 bits per heavy atom. The molecular weight excluding hydrogens is 435 g/mol. The van der Waals surface area contributed by atoms with Crippen LogP contribution in [0.1, 0.15) is 0 Å². The summed E-state index contributed by atoms with van der Waals surface area (Å²) in [4.78, 5) is -1.18. The lowest BCUT2D eigenvalue weighted by Crippen LogP contribution is -2.63. The van der Waals surface area contributed by atoms with Crippen LogP contribution in [0.25, 0.3) is 0 Å². The molecule has 150 valence electrons. The SMILES string of the molecule is O=S(=O)(OS(=O)(=O)C(F)(F)C(F)(F)C(F)(F)C(F)(F)F)c1ccccc1. The van der Waals surface area contributed by atoms with E-state index in [1.807, 2.05) is 0 Å². The molecule has 0 heterocycles. The van der Waals surface area contributed by atoms with Crippen LogP contribution >= 0.6 is 0 Å². The fraction of sp³-hybridized carbons (Fsp3) is 0.400. The molecule has 5 nitrogen and oxygen atoms in total. The smallest absolute Gasteiger partial charge is 0.193 e. The molecule has 0 radical (unpaired) electrons. The van der Waals surface area contributed by atoms with Crippen LogP contribution in [0.4, 0.5) is 39.5 Å². The quantitative estimate of drug-likeness (QED) is 0.636. The maximum absolute atomic E-state index is 13.3. The molecule has 0 amide bonds. The van der Waals surface area contributed by atoms with Gasteiger partial charge in [0, 0.05) is 0 Å². The fourth-order valence-electron chi connectivity index (χ4n) is 1.30. The molecule has 0 atom stereocenters. The first-order chi connectivity index (χ1) is 11.3. The summed E-state index contributed by atoms with van der Waals surface area (Å²) in [6.45, 7) is 0. The van der Waals surface area contributed by atoms with Crippen LogP contribution in [-0.4, -0.2) is 40.1 Å². The lowest BCUT2D eigenvalue weighted by atomic mass is 10.1. The van der Waals surface area contributed by atoms with E-state index < -0.39 is 48.4 Å². The van der Waals surface area contributed by atoms with E-state index in [0.29, 0.717) is 12.1 Å². The zero-order valence-corrected chi connectivity index (χ0v) is 13.3. The second-order valence-corrected chi connectivity index (χ2v) is 7.80. The Bertz CT molecular complexity index is 860. The van der Waals surface area contributed by atoms with Crippen molar-refractivity contribution in [3.63, 3.8) is 0 Å². The first-order valence-electron chi connectivity index (χ1n) is 5.77. The van der Waals surface area contributed by atoms with E-state index in [9.17, 15) is 56.3 Å². The Morgan fingerprint density at radius 1 is 0.692 bits per heavy atom. The summed E-state index contributed by atoms with van der Waals surface area (Å²) < 4.78 is 162. The van der Waals surface area contributed by atoms with Crippen molar-refractivity contribution in [3.05, 3.63) is 30.3 Å². The van der Waals surface area contributed by atoms with Crippen molar-refractivity contribution >= 4 is 20.2 Å². The monoisotopic (exact) mass is 440 g/mol. The van der Waals surface area contributed by atoms with Gasteiger partial charge in [-0.25, -0.2) is 0 Å². The molecule has 0 aliphatic rings. The van der Waals surface area contributed by atoms with Crippen molar-refractivity contribution in [1.82, 2.24) is 0 Å². The number of rotatable bonds is 6. The summed E-state index contributed by atoms with van der Waals surface area (Å²) >= 11 is 0. The van der Waals surface area contributed by atoms with Crippen LogP contribution in [0, 0.1) is 0 Å². The summed E-state index contributed by atoms with van der Waals surface area (Å²) in [6.07, 6.45) is -7.28. The fourth-order valence-corrected chi connectivity index (χ4v) is 3.84. The molecule has 0 bridgehead atoms. The lowest BCUT2D eigenvalue weighted by molar-refractivity contribution is -0.382. The third-order valence-corrected chi connectivity index (χ3v) is 5.81. The molecule has 0 spiro atoms. The van der Waals surface area contributed by atoms with Gasteiger partial charge in [-0.05, 0) is 12.1 Å². The van der Waals surface area contributed by atoms with Crippen molar-refractivity contribution < 1.29 is 60.0 Å². The van der Waals surface area contributed by atoms with E-state index in [-0.39, 0.29) is 0 Å². The molecule has 16 heteroatoms. The van der Waals surface area contributed by atoms with E-state index in [4.69, 9.17) is 0 Å². The topological polar surface area (TPSA) is 77.5 Å². The van der Waals surface area contributed by atoms with Crippen molar-refractivity contribution in [3.8, 4) is 0 Å². The third kappa shape index (κ3) is 3.48. The van der Waals surface area contributed by atoms with E-state index in [1.54, 1.807) is 0 Å². The Hall–Kier alpha value is -1.55. The number of halogens is 9. The molecule has 1 aromatic rings. The first kappa shape index (κ1) is 22.5. The summed E-state index contributed by atoms with van der Waals surface area (Å²) in [5.74, 6) is -15.1. The minimum atomic E-state index is -7.59. The standard InChI is InChI=1S/C10H5F9O5S2/c11-7(12,9(15,16)17)8(13,14)10(18,19)26(22,23)24-25(20,21)6-4-2-1-3-5-6/h1-5H. The number of alkyl halides is 9. The van der Waals surface area contributed by atoms with Crippen molar-refractivity contribution in [1.29, 1.82) is 0 Å². The molecule has 0 saturated heterocycles. The Morgan fingerprint density at radius 3 is 1.50 bits per heavy atom. The highest BCUT2D eigenvalue weighted by Gasteiger charge is 2.86. The molecule has 0 N–H and O–H groups in total. The number of hydrogen-bond acceptors (Lipinski definition) is 5. The van der Waals surface area contributed by atoms with Crippen LogP contribution in [0.3, 0.4) is 0 Å². The summed E-state index contributed by atoms with van der Waals surface area (Å²) in [5, 5.41) is -7.26. The van der Waals surface area contributed by atoms with Gasteiger partial charge in [0.1, 0.15) is 0 Å². The van der Waals surface area contributed by atoms with Crippen molar-refractivity contribution in [2.24, 2.45) is 0 Å². The van der Waals surface area contributed by atoms with Gasteiger partial charge in [-0.2, -0.15) is 56.3 Å². The zero-order valence-electron chi connectivity index (χ0n) is 11.6. The molecule has 0 aromatic heterocycles. The van der Waals surface area contributed by atoms with Crippen LogP contribution in [-0.2, 0) is 23.9 Å². The normalized spacial score (nSPS) is 15.1. The van der Waals surface area contributed by atoms with Crippen LogP contribution < -0.4 is 0 Å². The molecular formula is C10H5F9O5S2. The largest absolute Gasteiger partial charge is 0.460 e. The second-order valence-electron chi connectivity index (χ2n) is 4.45. The van der Waals surface area contributed by atoms with E-state index >= 15 is 0 Å². The Balaban J connectivity index is 3.43. The predicted molar refractivity (Wildman–Crippen MR) is 64.5 cm³/mol. The van der Waals surface area contributed by atoms with Gasteiger partial charge in [-0.1, -0.05) is 18.2 Å². The average Bonchev–Trinajstić information content (AvgIpc) is 2.45. The molecule has 1 aromatic carbocycles. The molecule has 1 rings (SSSR count). The van der Waals surface area contributed by atoms with Gasteiger partial charge < -0.3 is 0 Å². The Kier molecular flexibility index (Phi) is 5.42. The highest BCUT2D eigenvalue weighted by molar-refractivity contribution is 8.00. The van der Waals surface area contributed by atoms with Crippen molar-refractivity contribution in [2.75, 3.05) is 0 Å². The van der Waals surface area contributed by atoms with Crippen LogP contribution in [0.5, 0.6) is 0 Å². The second kappa shape index (κ2) is 6.26. The van der Waals surface area contributed by atoms with Crippen molar-refractivity contribution in [2.45, 2.75) is 28.2 Å². The molecule has 0 fully saturated rings. The van der Waals surface area contributed by atoms with Gasteiger partial charge in [-0.15, -0.1) is 3.63 Å². The minimum Gasteiger partial charge on any atom is -0.193 e. The minimum absolute atomic E-state index is 0.547. The van der Waals surface area contributed by atoms with Gasteiger partial charge in [0.05, 0.1) is 4.90 Å². The molecule has 0 saturated carbocycles. The third-order valence-electron chi connectivity index (χ3n) is 2.64. The average molecular weight is 440 g/mol. The number of benzene rings is 1. The maximum Gasteiger partial charge on any atom is 0.460 e. The predicted octanol–water partition coefficient (Wildman–Crippen LogP) is 3.15. The highest BCUT2D eigenvalue weighted by Crippen LogP contribution is 2.55.